The smallest absolute Gasteiger partial charge is 0.343 e. The fourth-order valence-electron chi connectivity index (χ4n) is 2.99. The van der Waals surface area contributed by atoms with E-state index in [0.717, 1.165) is 11.1 Å². The molecule has 0 bridgehead atoms. The third-order valence-electron chi connectivity index (χ3n) is 5.11. The predicted molar refractivity (Wildman–Crippen MR) is 124 cm³/mol. The summed E-state index contributed by atoms with van der Waals surface area (Å²) in [6, 6.07) is 3.92. The third kappa shape index (κ3) is 5.84. The molecule has 30 heavy (non-hydrogen) atoms. The summed E-state index contributed by atoms with van der Waals surface area (Å²) >= 11 is 0. The lowest BCUT2D eigenvalue weighted by atomic mass is 9.79. The molecule has 0 saturated carbocycles. The van der Waals surface area contributed by atoms with Crippen molar-refractivity contribution in [2.45, 2.75) is 85.2 Å². The van der Waals surface area contributed by atoms with Crippen LogP contribution in [0.3, 0.4) is 0 Å². The summed E-state index contributed by atoms with van der Waals surface area (Å²) in [4.78, 5) is 13.0. The van der Waals surface area contributed by atoms with Crippen LogP contribution in [0.4, 0.5) is 0 Å². The van der Waals surface area contributed by atoms with Gasteiger partial charge in [0.05, 0.1) is 13.2 Å². The summed E-state index contributed by atoms with van der Waals surface area (Å²) in [5.74, 6) is -0.235. The molecule has 0 unspecified atom stereocenters. The van der Waals surface area contributed by atoms with E-state index in [1.54, 1.807) is 33.8 Å². The number of carbonyl (C=O) groups excluding carboxylic acids is 1. The number of aromatic hydroxyl groups is 1. The first kappa shape index (κ1) is 26.6. The zero-order valence-electron chi connectivity index (χ0n) is 20.3. The summed E-state index contributed by atoms with van der Waals surface area (Å²) in [7, 11) is -3.65. The molecular formula is C24H39O5P. The Morgan fingerprint density at radius 3 is 1.87 bits per heavy atom. The number of phenolic OH excluding ortho intramolecular Hbond substituents is 1. The lowest BCUT2D eigenvalue weighted by molar-refractivity contribution is -0.116. The molecule has 0 atom stereocenters. The highest BCUT2D eigenvalue weighted by Gasteiger charge is 2.48. The summed E-state index contributed by atoms with van der Waals surface area (Å²) in [6.45, 7) is 19.4. The van der Waals surface area contributed by atoms with Crippen LogP contribution in [0.2, 0.25) is 0 Å². The molecule has 1 N–H and O–H groups in total. The van der Waals surface area contributed by atoms with E-state index in [1.165, 1.54) is 6.08 Å². The molecule has 1 aromatic carbocycles. The van der Waals surface area contributed by atoms with Crippen LogP contribution < -0.4 is 0 Å². The lowest BCUT2D eigenvalue weighted by Crippen LogP contribution is -2.32. The number of benzene rings is 1. The Hall–Kier alpha value is -1.42. The van der Waals surface area contributed by atoms with Crippen LogP contribution in [0.15, 0.2) is 18.2 Å². The fraction of sp³-hybridized carbons (Fsp3) is 0.625. The topological polar surface area (TPSA) is 72.8 Å². The van der Waals surface area contributed by atoms with Crippen molar-refractivity contribution in [3.63, 3.8) is 0 Å². The number of hydrogen-bond donors (Lipinski definition) is 1. The second kappa shape index (κ2) is 9.38. The summed E-state index contributed by atoms with van der Waals surface area (Å²) in [5.41, 5.74) is 2.04. The molecule has 0 fully saturated rings. The van der Waals surface area contributed by atoms with E-state index in [1.807, 2.05) is 32.9 Å². The number of phenols is 1. The zero-order valence-corrected chi connectivity index (χ0v) is 21.1. The Balaban J connectivity index is 3.47. The fourth-order valence-corrected chi connectivity index (χ4v) is 4.74. The maximum Gasteiger partial charge on any atom is 0.343 e. The van der Waals surface area contributed by atoms with Gasteiger partial charge in [0.25, 0.3) is 0 Å². The minimum absolute atomic E-state index is 0.126. The monoisotopic (exact) mass is 438 g/mol. The van der Waals surface area contributed by atoms with E-state index >= 15 is 0 Å². The number of hydrogen-bond acceptors (Lipinski definition) is 5. The van der Waals surface area contributed by atoms with E-state index in [-0.39, 0.29) is 35.6 Å². The van der Waals surface area contributed by atoms with E-state index in [0.29, 0.717) is 5.56 Å². The molecule has 1 rings (SSSR count). The highest BCUT2D eigenvalue weighted by atomic mass is 31.2. The third-order valence-corrected chi connectivity index (χ3v) is 7.90. The van der Waals surface area contributed by atoms with E-state index in [2.05, 4.69) is 20.8 Å². The summed E-state index contributed by atoms with van der Waals surface area (Å²) in [5, 5.41) is 9.54. The molecule has 0 spiro atoms. The van der Waals surface area contributed by atoms with Gasteiger partial charge in [-0.25, -0.2) is 0 Å². The summed E-state index contributed by atoms with van der Waals surface area (Å²) < 4.78 is 24.0. The van der Waals surface area contributed by atoms with Crippen molar-refractivity contribution in [3.05, 3.63) is 34.9 Å². The molecule has 5 nitrogen and oxygen atoms in total. The second-order valence-corrected chi connectivity index (χ2v) is 12.7. The van der Waals surface area contributed by atoms with Gasteiger partial charge in [-0.1, -0.05) is 47.6 Å². The SMILES string of the molecule is CCOP(=O)(OCC)C(C)(C)C(=O)/C=C/c1cc(C(C)(C)C)cc(C(C)(C)C)c1O. The normalized spacial score (nSPS) is 13.8. The number of ketones is 1. The minimum Gasteiger partial charge on any atom is -0.507 e. The van der Waals surface area contributed by atoms with E-state index in [9.17, 15) is 14.5 Å². The molecule has 0 radical (unpaired) electrons. The van der Waals surface area contributed by atoms with Crippen LogP contribution in [0.25, 0.3) is 6.08 Å². The maximum absolute atomic E-state index is 13.2. The molecule has 0 saturated heterocycles. The molecule has 1 aromatic rings. The zero-order chi connectivity index (χ0) is 23.5. The molecule has 0 aliphatic heterocycles. The molecule has 0 aliphatic carbocycles. The van der Waals surface area contributed by atoms with Gasteiger partial charge < -0.3 is 14.2 Å². The number of rotatable bonds is 8. The Bertz CT molecular complexity index is 828. The van der Waals surface area contributed by atoms with Crippen molar-refractivity contribution >= 4 is 19.5 Å². The first-order valence-electron chi connectivity index (χ1n) is 10.5. The van der Waals surface area contributed by atoms with Gasteiger partial charge in [0.1, 0.15) is 10.9 Å². The van der Waals surface area contributed by atoms with Gasteiger partial charge in [-0.2, -0.15) is 0 Å². The van der Waals surface area contributed by atoms with Gasteiger partial charge in [-0.05, 0) is 62.3 Å². The van der Waals surface area contributed by atoms with Crippen LogP contribution in [-0.4, -0.2) is 29.3 Å². The first-order valence-corrected chi connectivity index (χ1v) is 12.0. The standard InChI is InChI=1S/C24H39O5P/c1-11-28-30(27,29-12-2)24(9,10)20(25)14-13-17-15-18(22(3,4)5)16-19(21(17)26)23(6,7)8/h13-16,26H,11-12H2,1-10H3/b14-13+. The van der Waals surface area contributed by atoms with Gasteiger partial charge in [0.2, 0.25) is 0 Å². The molecule has 0 heterocycles. The minimum atomic E-state index is -3.65. The molecule has 6 heteroatoms. The van der Waals surface area contributed by atoms with E-state index < -0.39 is 12.8 Å². The van der Waals surface area contributed by atoms with Crippen LogP contribution in [0.1, 0.15) is 85.9 Å². The molecule has 0 aromatic heterocycles. The van der Waals surface area contributed by atoms with E-state index in [4.69, 9.17) is 9.05 Å². The van der Waals surface area contributed by atoms with Crippen molar-refractivity contribution in [1.29, 1.82) is 0 Å². The molecule has 170 valence electrons. The van der Waals surface area contributed by atoms with Crippen molar-refractivity contribution < 1.29 is 23.5 Å². The van der Waals surface area contributed by atoms with Crippen LogP contribution in [0.5, 0.6) is 5.75 Å². The van der Waals surface area contributed by atoms with Crippen molar-refractivity contribution in [1.82, 2.24) is 0 Å². The van der Waals surface area contributed by atoms with Crippen molar-refractivity contribution in [2.24, 2.45) is 0 Å². The highest BCUT2D eigenvalue weighted by Crippen LogP contribution is 2.60. The Morgan fingerprint density at radius 2 is 1.47 bits per heavy atom. The highest BCUT2D eigenvalue weighted by molar-refractivity contribution is 7.56. The Kier molecular flexibility index (Phi) is 8.32. The second-order valence-electron chi connectivity index (χ2n) is 10.1. The van der Waals surface area contributed by atoms with Crippen molar-refractivity contribution in [2.75, 3.05) is 13.2 Å². The van der Waals surface area contributed by atoms with Crippen LogP contribution >= 0.6 is 7.60 Å². The maximum atomic E-state index is 13.2. The van der Waals surface area contributed by atoms with Crippen molar-refractivity contribution in [3.8, 4) is 5.75 Å². The lowest BCUT2D eigenvalue weighted by Gasteiger charge is -2.30. The van der Waals surface area contributed by atoms with Crippen LogP contribution in [0, 0.1) is 0 Å². The van der Waals surface area contributed by atoms with Gasteiger partial charge in [-0.15, -0.1) is 0 Å². The first-order chi connectivity index (χ1) is 13.5. The largest absolute Gasteiger partial charge is 0.507 e. The van der Waals surface area contributed by atoms with Gasteiger partial charge in [0, 0.05) is 11.1 Å². The number of allylic oxidation sites excluding steroid dienone is 1. The molecule has 0 amide bonds. The molecular weight excluding hydrogens is 399 g/mol. The quantitative estimate of drug-likeness (QED) is 0.365. The number of carbonyl (C=O) groups is 1. The Labute approximate surface area is 182 Å². The molecule has 0 aliphatic rings. The van der Waals surface area contributed by atoms with Gasteiger partial charge in [-0.3, -0.25) is 9.36 Å². The average molecular weight is 439 g/mol. The van der Waals surface area contributed by atoms with Crippen LogP contribution in [-0.2, 0) is 29.2 Å². The summed E-state index contributed by atoms with van der Waals surface area (Å²) in [6.07, 6.45) is 2.95. The average Bonchev–Trinajstić information content (AvgIpc) is 2.58. The predicted octanol–water partition coefficient (Wildman–Crippen LogP) is 6.61. The van der Waals surface area contributed by atoms with Gasteiger partial charge >= 0.3 is 7.60 Å². The van der Waals surface area contributed by atoms with Gasteiger partial charge in [0.15, 0.2) is 5.78 Å². The Morgan fingerprint density at radius 1 is 0.967 bits per heavy atom.